The normalized spacial score (nSPS) is 19.9. The largest absolute Gasteiger partial charge is 0.508 e. The quantitative estimate of drug-likeness (QED) is 0.655. The van der Waals surface area contributed by atoms with Crippen LogP contribution in [0.1, 0.15) is 19.8 Å². The van der Waals surface area contributed by atoms with Crippen LogP contribution < -0.4 is 10.1 Å². The number of aliphatic carboxylic acids is 1. The lowest BCUT2D eigenvalue weighted by molar-refractivity contribution is -0.139. The van der Waals surface area contributed by atoms with Gasteiger partial charge >= 0.3 is 5.97 Å². The number of rotatable bonds is 8. The van der Waals surface area contributed by atoms with Crippen LogP contribution in [0, 0.1) is 0 Å². The van der Waals surface area contributed by atoms with Crippen LogP contribution in [0.3, 0.4) is 0 Å². The third-order valence-electron chi connectivity index (χ3n) is 3.95. The van der Waals surface area contributed by atoms with Crippen LogP contribution in [0.2, 0.25) is 0 Å². The van der Waals surface area contributed by atoms with Gasteiger partial charge in [0.1, 0.15) is 11.5 Å². The van der Waals surface area contributed by atoms with Crippen molar-refractivity contribution in [3.05, 3.63) is 24.3 Å². The smallest absolute Gasteiger partial charge is 0.317 e. The van der Waals surface area contributed by atoms with Crippen LogP contribution in [0.25, 0.3) is 0 Å². The summed E-state index contributed by atoms with van der Waals surface area (Å²) < 4.78 is 5.33. The Morgan fingerprint density at radius 1 is 1.30 bits per heavy atom. The predicted octanol–water partition coefficient (Wildman–Crippen LogP) is 0.825. The number of carbonyl (C=O) groups excluding carboxylic acids is 1. The summed E-state index contributed by atoms with van der Waals surface area (Å²) in [6.45, 7) is 2.56. The highest BCUT2D eigenvalue weighted by Crippen LogP contribution is 2.25. The number of hydrogen-bond acceptors (Lipinski definition) is 5. The Morgan fingerprint density at radius 3 is 2.52 bits per heavy atom. The molecule has 0 saturated heterocycles. The van der Waals surface area contributed by atoms with Crippen molar-refractivity contribution in [2.45, 2.75) is 31.8 Å². The number of benzene rings is 1. The van der Waals surface area contributed by atoms with Gasteiger partial charge in [0.25, 0.3) is 5.91 Å². The van der Waals surface area contributed by atoms with Gasteiger partial charge in [0.05, 0.1) is 6.54 Å². The molecule has 7 heteroatoms. The first kappa shape index (κ1) is 17.1. The molecule has 0 unspecified atom stereocenters. The van der Waals surface area contributed by atoms with Crippen LogP contribution >= 0.6 is 0 Å². The van der Waals surface area contributed by atoms with E-state index in [9.17, 15) is 9.59 Å². The Bertz CT molecular complexity index is 540. The number of likely N-dealkylation sites (N-methyl/N-ethyl adjacent to an activating group) is 1. The highest BCUT2D eigenvalue weighted by molar-refractivity contribution is 5.78. The van der Waals surface area contributed by atoms with Gasteiger partial charge in [-0.25, -0.2) is 0 Å². The van der Waals surface area contributed by atoms with Crippen molar-refractivity contribution >= 4 is 11.9 Å². The molecule has 0 heterocycles. The van der Waals surface area contributed by atoms with Gasteiger partial charge in [-0.3, -0.25) is 14.5 Å². The average Bonchev–Trinajstić information content (AvgIpc) is 2.47. The van der Waals surface area contributed by atoms with E-state index in [1.807, 2.05) is 11.8 Å². The molecule has 3 N–H and O–H groups in total. The Morgan fingerprint density at radius 2 is 1.96 bits per heavy atom. The van der Waals surface area contributed by atoms with E-state index in [0.29, 0.717) is 12.3 Å². The van der Waals surface area contributed by atoms with E-state index < -0.39 is 5.97 Å². The van der Waals surface area contributed by atoms with E-state index in [0.717, 1.165) is 12.8 Å². The third kappa shape index (κ3) is 5.14. The lowest BCUT2D eigenvalue weighted by Gasteiger charge is -2.42. The second-order valence-electron chi connectivity index (χ2n) is 5.63. The maximum absolute atomic E-state index is 11.8. The lowest BCUT2D eigenvalue weighted by Crippen LogP contribution is -2.55. The van der Waals surface area contributed by atoms with Gasteiger partial charge < -0.3 is 20.3 Å². The van der Waals surface area contributed by atoms with E-state index in [1.165, 1.54) is 12.1 Å². The first-order valence-electron chi connectivity index (χ1n) is 7.65. The topological polar surface area (TPSA) is 99.1 Å². The molecule has 1 amide bonds. The first-order chi connectivity index (χ1) is 11.0. The highest BCUT2D eigenvalue weighted by atomic mass is 16.5. The molecule has 0 radical (unpaired) electrons. The number of phenols is 1. The Balaban J connectivity index is 1.67. The molecule has 126 valence electrons. The van der Waals surface area contributed by atoms with Crippen molar-refractivity contribution in [3.63, 3.8) is 0 Å². The summed E-state index contributed by atoms with van der Waals surface area (Å²) in [4.78, 5) is 24.5. The molecule has 0 atom stereocenters. The first-order valence-corrected chi connectivity index (χ1v) is 7.65. The van der Waals surface area contributed by atoms with Crippen molar-refractivity contribution < 1.29 is 24.5 Å². The molecule has 0 bridgehead atoms. The number of carbonyl (C=O) groups is 2. The molecule has 1 saturated carbocycles. The standard InChI is InChI=1S/C16H22N2O5/c1-2-18(9-16(21)22)12-7-11(8-12)17-15(20)10-23-14-5-3-13(19)4-6-14/h3-6,11-12,19H,2,7-10H2,1H3,(H,17,20)(H,21,22). The van der Waals surface area contributed by atoms with Gasteiger partial charge in [-0.15, -0.1) is 0 Å². The van der Waals surface area contributed by atoms with Gasteiger partial charge in [-0.05, 0) is 43.7 Å². The number of hydrogen-bond donors (Lipinski definition) is 3. The molecule has 1 aromatic carbocycles. The van der Waals surface area contributed by atoms with E-state index in [4.69, 9.17) is 14.9 Å². The number of amides is 1. The molecule has 1 aliphatic carbocycles. The van der Waals surface area contributed by atoms with Gasteiger partial charge in [-0.1, -0.05) is 6.92 Å². The minimum Gasteiger partial charge on any atom is -0.508 e. The molecule has 2 rings (SSSR count). The van der Waals surface area contributed by atoms with Crippen molar-refractivity contribution in [1.82, 2.24) is 10.2 Å². The van der Waals surface area contributed by atoms with E-state index in [-0.39, 0.29) is 36.9 Å². The molecular weight excluding hydrogens is 300 g/mol. The highest BCUT2D eigenvalue weighted by Gasteiger charge is 2.34. The number of ether oxygens (including phenoxy) is 1. The van der Waals surface area contributed by atoms with Crippen molar-refractivity contribution in [2.75, 3.05) is 19.7 Å². The molecule has 7 nitrogen and oxygen atoms in total. The maximum Gasteiger partial charge on any atom is 0.317 e. The lowest BCUT2D eigenvalue weighted by atomic mass is 9.85. The summed E-state index contributed by atoms with van der Waals surface area (Å²) in [5.74, 6) is -0.378. The van der Waals surface area contributed by atoms with Crippen LogP contribution in [-0.4, -0.2) is 58.8 Å². The number of nitrogens with zero attached hydrogens (tertiary/aromatic N) is 1. The number of aromatic hydroxyl groups is 1. The van der Waals surface area contributed by atoms with Crippen LogP contribution in [0.5, 0.6) is 11.5 Å². The Labute approximate surface area is 134 Å². The minimum atomic E-state index is -0.832. The Hall–Kier alpha value is -2.28. The molecular formula is C16H22N2O5. The number of phenolic OH excluding ortho intramolecular Hbond substituents is 1. The molecule has 0 spiro atoms. The van der Waals surface area contributed by atoms with Gasteiger partial charge in [0.2, 0.25) is 0 Å². The summed E-state index contributed by atoms with van der Waals surface area (Å²) >= 11 is 0. The van der Waals surface area contributed by atoms with Crippen LogP contribution in [0.4, 0.5) is 0 Å². The third-order valence-corrected chi connectivity index (χ3v) is 3.95. The minimum absolute atomic E-state index is 0.0335. The zero-order valence-electron chi connectivity index (χ0n) is 13.1. The van der Waals surface area contributed by atoms with Gasteiger partial charge in [-0.2, -0.15) is 0 Å². The predicted molar refractivity (Wildman–Crippen MR) is 83.4 cm³/mol. The zero-order valence-corrected chi connectivity index (χ0v) is 13.1. The summed E-state index contributed by atoms with van der Waals surface area (Å²) in [6.07, 6.45) is 1.51. The van der Waals surface area contributed by atoms with Crippen LogP contribution in [0.15, 0.2) is 24.3 Å². The fraction of sp³-hybridized carbons (Fsp3) is 0.500. The fourth-order valence-corrected chi connectivity index (χ4v) is 2.64. The number of nitrogens with one attached hydrogen (secondary N) is 1. The molecule has 0 aliphatic heterocycles. The summed E-state index contributed by atoms with van der Waals surface area (Å²) in [5.41, 5.74) is 0. The van der Waals surface area contributed by atoms with E-state index in [2.05, 4.69) is 5.32 Å². The molecule has 1 fully saturated rings. The fourth-order valence-electron chi connectivity index (χ4n) is 2.64. The SMILES string of the molecule is CCN(CC(=O)O)C1CC(NC(=O)COc2ccc(O)cc2)C1. The number of carboxylic acid groups (broad SMARTS) is 1. The summed E-state index contributed by atoms with van der Waals surface area (Å²) in [6, 6.07) is 6.44. The molecule has 1 aromatic rings. The zero-order chi connectivity index (χ0) is 16.8. The monoisotopic (exact) mass is 322 g/mol. The summed E-state index contributed by atoms with van der Waals surface area (Å²) in [5, 5.41) is 20.9. The second-order valence-corrected chi connectivity index (χ2v) is 5.63. The van der Waals surface area contributed by atoms with E-state index >= 15 is 0 Å². The molecule has 1 aliphatic rings. The van der Waals surface area contributed by atoms with E-state index in [1.54, 1.807) is 12.1 Å². The number of carboxylic acids is 1. The van der Waals surface area contributed by atoms with Crippen molar-refractivity contribution in [1.29, 1.82) is 0 Å². The molecule has 0 aromatic heterocycles. The summed E-state index contributed by atoms with van der Waals surface area (Å²) in [7, 11) is 0. The van der Waals surface area contributed by atoms with Gasteiger partial charge in [0, 0.05) is 12.1 Å². The van der Waals surface area contributed by atoms with Crippen molar-refractivity contribution in [2.24, 2.45) is 0 Å². The second kappa shape index (κ2) is 7.82. The van der Waals surface area contributed by atoms with Crippen LogP contribution in [-0.2, 0) is 9.59 Å². The Kier molecular flexibility index (Phi) is 5.81. The maximum atomic E-state index is 11.8. The van der Waals surface area contributed by atoms with Crippen molar-refractivity contribution in [3.8, 4) is 11.5 Å². The molecule has 23 heavy (non-hydrogen) atoms. The van der Waals surface area contributed by atoms with Gasteiger partial charge in [0.15, 0.2) is 6.61 Å². The average molecular weight is 322 g/mol.